The Kier molecular flexibility index (Phi) is 5.29. The molecule has 0 bridgehead atoms. The second-order valence-corrected chi connectivity index (χ2v) is 7.10. The molecule has 0 spiro atoms. The highest BCUT2D eigenvalue weighted by atomic mass is 16.6. The molecule has 0 aromatic heterocycles. The molecular weight excluding hydrogens is 292 g/mol. The Hall–Kier alpha value is -2.04. The fraction of sp³-hybridized carbons (Fsp3) is 0.556. The van der Waals surface area contributed by atoms with Gasteiger partial charge in [0.05, 0.1) is 5.92 Å². The van der Waals surface area contributed by atoms with Gasteiger partial charge in [0.25, 0.3) is 0 Å². The Morgan fingerprint density at radius 2 is 1.74 bits per heavy atom. The predicted octanol–water partition coefficient (Wildman–Crippen LogP) is 2.90. The average Bonchev–Trinajstić information content (AvgIpc) is 2.47. The number of hydrogen-bond acceptors (Lipinski definition) is 3. The summed E-state index contributed by atoms with van der Waals surface area (Å²) in [5, 5.41) is 0. The van der Waals surface area contributed by atoms with E-state index in [1.807, 2.05) is 51.1 Å². The lowest BCUT2D eigenvalue weighted by atomic mass is 9.79. The number of piperidine rings is 1. The second kappa shape index (κ2) is 7.02. The van der Waals surface area contributed by atoms with Crippen LogP contribution in [0.15, 0.2) is 30.3 Å². The first-order chi connectivity index (χ1) is 10.8. The van der Waals surface area contributed by atoms with Gasteiger partial charge in [0.2, 0.25) is 5.91 Å². The van der Waals surface area contributed by atoms with Gasteiger partial charge in [0.15, 0.2) is 0 Å². The third kappa shape index (κ3) is 4.71. The molecule has 1 fully saturated rings. The number of likely N-dealkylation sites (tertiary alicyclic amines) is 1. The number of carbonyl (C=O) groups is 2. The van der Waals surface area contributed by atoms with E-state index in [9.17, 15) is 9.59 Å². The van der Waals surface area contributed by atoms with Crippen molar-refractivity contribution in [3.8, 4) is 0 Å². The fourth-order valence-corrected chi connectivity index (χ4v) is 3.07. The van der Waals surface area contributed by atoms with Gasteiger partial charge in [-0.2, -0.15) is 0 Å². The van der Waals surface area contributed by atoms with Crippen molar-refractivity contribution >= 4 is 12.0 Å². The van der Waals surface area contributed by atoms with Gasteiger partial charge in [0.1, 0.15) is 5.60 Å². The van der Waals surface area contributed by atoms with E-state index in [0.717, 1.165) is 18.4 Å². The van der Waals surface area contributed by atoms with Crippen LogP contribution in [0.4, 0.5) is 4.79 Å². The monoisotopic (exact) mass is 318 g/mol. The van der Waals surface area contributed by atoms with Crippen molar-refractivity contribution in [3.05, 3.63) is 35.9 Å². The third-order valence-corrected chi connectivity index (χ3v) is 4.13. The van der Waals surface area contributed by atoms with Gasteiger partial charge < -0.3 is 15.4 Å². The molecule has 2 amide bonds. The van der Waals surface area contributed by atoms with Gasteiger partial charge >= 0.3 is 6.09 Å². The number of hydrogen-bond donors (Lipinski definition) is 1. The molecule has 2 N–H and O–H groups in total. The molecule has 1 aliphatic heterocycles. The molecule has 2 rings (SSSR count). The van der Waals surface area contributed by atoms with Gasteiger partial charge in [-0.05, 0) is 45.1 Å². The van der Waals surface area contributed by atoms with Crippen molar-refractivity contribution in [3.63, 3.8) is 0 Å². The van der Waals surface area contributed by atoms with Gasteiger partial charge in [-0.25, -0.2) is 4.79 Å². The zero-order valence-corrected chi connectivity index (χ0v) is 14.1. The number of carbonyl (C=O) groups excluding carboxylic acids is 2. The summed E-state index contributed by atoms with van der Waals surface area (Å²) in [6.07, 6.45) is 1.22. The maximum absolute atomic E-state index is 12.1. The van der Waals surface area contributed by atoms with Crippen LogP contribution in [0.25, 0.3) is 0 Å². The average molecular weight is 318 g/mol. The first kappa shape index (κ1) is 17.3. The standard InChI is InChI=1S/C18H26N2O3/c1-18(2,3)23-17(22)20-11-9-14(10-12-20)15(16(19)21)13-7-5-4-6-8-13/h4-8,14-15H,9-12H2,1-3H3,(H2,19,21). The molecule has 1 aliphatic rings. The summed E-state index contributed by atoms with van der Waals surface area (Å²) in [7, 11) is 0. The van der Waals surface area contributed by atoms with E-state index in [-0.39, 0.29) is 23.8 Å². The highest BCUT2D eigenvalue weighted by molar-refractivity contribution is 5.82. The second-order valence-electron chi connectivity index (χ2n) is 7.10. The molecule has 1 saturated heterocycles. The summed E-state index contributed by atoms with van der Waals surface area (Å²) in [6, 6.07) is 9.64. The maximum atomic E-state index is 12.1. The molecule has 1 aromatic carbocycles. The molecule has 0 saturated carbocycles. The van der Waals surface area contributed by atoms with E-state index in [4.69, 9.17) is 10.5 Å². The van der Waals surface area contributed by atoms with E-state index in [0.29, 0.717) is 13.1 Å². The number of nitrogens with zero attached hydrogens (tertiary/aromatic N) is 1. The van der Waals surface area contributed by atoms with Crippen molar-refractivity contribution in [1.29, 1.82) is 0 Å². The number of benzene rings is 1. The lowest BCUT2D eigenvalue weighted by Gasteiger charge is -2.36. The van der Waals surface area contributed by atoms with Gasteiger partial charge in [0, 0.05) is 13.1 Å². The van der Waals surface area contributed by atoms with Crippen molar-refractivity contribution in [2.45, 2.75) is 45.1 Å². The Bertz CT molecular complexity index is 543. The highest BCUT2D eigenvalue weighted by Crippen LogP contribution is 2.33. The van der Waals surface area contributed by atoms with Crippen molar-refractivity contribution in [2.75, 3.05) is 13.1 Å². The maximum Gasteiger partial charge on any atom is 0.410 e. The summed E-state index contributed by atoms with van der Waals surface area (Å²) in [5.41, 5.74) is 6.10. The van der Waals surface area contributed by atoms with Crippen LogP contribution in [0.5, 0.6) is 0 Å². The molecule has 126 valence electrons. The summed E-state index contributed by atoms with van der Waals surface area (Å²) in [5.74, 6) is -0.433. The minimum Gasteiger partial charge on any atom is -0.444 e. The topological polar surface area (TPSA) is 72.6 Å². The lowest BCUT2D eigenvalue weighted by molar-refractivity contribution is -0.121. The SMILES string of the molecule is CC(C)(C)OC(=O)N1CCC(C(C(N)=O)c2ccccc2)CC1. The largest absolute Gasteiger partial charge is 0.444 e. The quantitative estimate of drug-likeness (QED) is 0.931. The van der Waals surface area contributed by atoms with E-state index >= 15 is 0 Å². The first-order valence-corrected chi connectivity index (χ1v) is 8.10. The predicted molar refractivity (Wildman–Crippen MR) is 88.9 cm³/mol. The van der Waals surface area contributed by atoms with Crippen LogP contribution in [0, 0.1) is 5.92 Å². The fourth-order valence-electron chi connectivity index (χ4n) is 3.07. The molecule has 23 heavy (non-hydrogen) atoms. The van der Waals surface area contributed by atoms with Gasteiger partial charge in [-0.3, -0.25) is 4.79 Å². The molecule has 1 atom stereocenters. The Morgan fingerprint density at radius 1 is 1.17 bits per heavy atom. The number of rotatable bonds is 3. The summed E-state index contributed by atoms with van der Waals surface area (Å²) >= 11 is 0. The van der Waals surface area contributed by atoms with E-state index in [1.54, 1.807) is 4.90 Å². The van der Waals surface area contributed by atoms with Crippen molar-refractivity contribution in [2.24, 2.45) is 11.7 Å². The molecule has 1 unspecified atom stereocenters. The van der Waals surface area contributed by atoms with Gasteiger partial charge in [-0.15, -0.1) is 0 Å². The van der Waals surface area contributed by atoms with Crippen LogP contribution in [0.2, 0.25) is 0 Å². The highest BCUT2D eigenvalue weighted by Gasteiger charge is 2.33. The number of amides is 2. The molecule has 5 heteroatoms. The van der Waals surface area contributed by atoms with Crippen LogP contribution in [0.1, 0.15) is 45.1 Å². The third-order valence-electron chi connectivity index (χ3n) is 4.13. The van der Waals surface area contributed by atoms with Crippen LogP contribution < -0.4 is 5.73 Å². The number of ether oxygens (including phenoxy) is 1. The summed E-state index contributed by atoms with van der Waals surface area (Å²) < 4.78 is 5.40. The molecular formula is C18H26N2O3. The molecule has 0 radical (unpaired) electrons. The minimum atomic E-state index is -0.492. The van der Waals surface area contributed by atoms with Crippen LogP contribution in [0.3, 0.4) is 0 Å². The first-order valence-electron chi connectivity index (χ1n) is 8.10. The smallest absolute Gasteiger partial charge is 0.410 e. The van der Waals surface area contributed by atoms with E-state index in [2.05, 4.69) is 0 Å². The molecule has 0 aliphatic carbocycles. The number of nitrogens with two attached hydrogens (primary N) is 1. The van der Waals surface area contributed by atoms with Crippen LogP contribution in [-0.4, -0.2) is 35.6 Å². The van der Waals surface area contributed by atoms with Crippen LogP contribution >= 0.6 is 0 Å². The number of primary amides is 1. The Morgan fingerprint density at radius 3 is 2.22 bits per heavy atom. The van der Waals surface area contributed by atoms with Crippen molar-refractivity contribution < 1.29 is 14.3 Å². The molecule has 1 aromatic rings. The van der Waals surface area contributed by atoms with E-state index in [1.165, 1.54) is 0 Å². The Balaban J connectivity index is 2.00. The normalized spacial score (nSPS) is 17.6. The minimum absolute atomic E-state index is 0.161. The lowest BCUT2D eigenvalue weighted by Crippen LogP contribution is -2.43. The Labute approximate surface area is 137 Å². The molecule has 1 heterocycles. The summed E-state index contributed by atoms with van der Waals surface area (Å²) in [6.45, 7) is 6.76. The van der Waals surface area contributed by atoms with Crippen LogP contribution in [-0.2, 0) is 9.53 Å². The van der Waals surface area contributed by atoms with Gasteiger partial charge in [-0.1, -0.05) is 30.3 Å². The van der Waals surface area contributed by atoms with Crippen molar-refractivity contribution in [1.82, 2.24) is 4.90 Å². The zero-order valence-electron chi connectivity index (χ0n) is 14.1. The summed E-state index contributed by atoms with van der Waals surface area (Å²) in [4.78, 5) is 25.7. The zero-order chi connectivity index (χ0) is 17.0. The van der Waals surface area contributed by atoms with E-state index < -0.39 is 5.60 Å². The molecule has 5 nitrogen and oxygen atoms in total.